The Bertz CT molecular complexity index is 1960. The number of carbonyl (C=O) groups excluding carboxylic acids is 3. The van der Waals surface area contributed by atoms with Gasteiger partial charge in [-0.15, -0.1) is 0 Å². The van der Waals surface area contributed by atoms with Crippen molar-refractivity contribution in [3.05, 3.63) is 29.8 Å². The summed E-state index contributed by atoms with van der Waals surface area (Å²) >= 11 is 5.38. The molecule has 0 spiro atoms. The Hall–Kier alpha value is -6.75. The van der Waals surface area contributed by atoms with Crippen LogP contribution >= 0.6 is 12.2 Å². The molecule has 1 aliphatic heterocycles. The van der Waals surface area contributed by atoms with E-state index in [4.69, 9.17) is 17.3 Å². The van der Waals surface area contributed by atoms with Crippen molar-refractivity contribution in [2.24, 2.45) is 0 Å². The summed E-state index contributed by atoms with van der Waals surface area (Å²) in [6.07, 6.45) is -0.374. The number of unbranched alkanes of at least 4 members (excludes halogenated alkanes) is 1. The van der Waals surface area contributed by atoms with Gasteiger partial charge in [-0.1, -0.05) is 12.1 Å². The second-order valence-corrected chi connectivity index (χ2v) is 16.7. The fourth-order valence-corrected chi connectivity index (χ4v) is 7.37. The van der Waals surface area contributed by atoms with Crippen molar-refractivity contribution in [1.29, 1.82) is 0 Å². The number of carbonyl (C=O) groups is 10. The number of carboxylic acid groups (broad SMARTS) is 7. The van der Waals surface area contributed by atoms with Crippen LogP contribution in [0.2, 0.25) is 0 Å². The summed E-state index contributed by atoms with van der Waals surface area (Å²) in [6, 6.07) is 2.49. The van der Waals surface area contributed by atoms with Crippen molar-refractivity contribution in [1.82, 2.24) is 46.2 Å². The number of benzene rings is 1. The first kappa shape index (κ1) is 59.4. The van der Waals surface area contributed by atoms with Gasteiger partial charge in [-0.3, -0.25) is 53.2 Å². The number of aliphatic carboxylic acids is 7. The molecule has 28 heteroatoms. The number of amides is 4. The van der Waals surface area contributed by atoms with E-state index in [1.807, 2.05) is 5.32 Å². The summed E-state index contributed by atoms with van der Waals surface area (Å²) in [5, 5.41) is 81.6. The average molecular weight is 1010 g/mol. The van der Waals surface area contributed by atoms with Crippen LogP contribution in [0.1, 0.15) is 50.5 Å². The molecule has 1 aromatic carbocycles. The highest BCUT2D eigenvalue weighted by atomic mass is 32.1. The third-order valence-corrected chi connectivity index (χ3v) is 10.9. The molecule has 0 saturated carbocycles. The summed E-state index contributed by atoms with van der Waals surface area (Å²) in [4.78, 5) is 124. The lowest BCUT2D eigenvalue weighted by Gasteiger charge is -2.37. The minimum absolute atomic E-state index is 0.0525. The molecule has 1 heterocycles. The van der Waals surface area contributed by atoms with Crippen LogP contribution in [-0.4, -0.2) is 230 Å². The molecule has 27 nitrogen and oxygen atoms in total. The van der Waals surface area contributed by atoms with Crippen LogP contribution in [0, 0.1) is 0 Å². The lowest BCUT2D eigenvalue weighted by Crippen LogP contribution is -2.53. The van der Waals surface area contributed by atoms with Gasteiger partial charge < -0.3 is 67.6 Å². The molecule has 70 heavy (non-hydrogen) atoms. The normalized spacial score (nSPS) is 16.1. The fraction of sp³-hybridized carbons (Fsp3) is 0.595. The van der Waals surface area contributed by atoms with Crippen LogP contribution < -0.4 is 31.9 Å². The van der Waals surface area contributed by atoms with E-state index in [0.29, 0.717) is 12.1 Å². The van der Waals surface area contributed by atoms with Crippen LogP contribution in [0.3, 0.4) is 0 Å². The molecule has 390 valence electrons. The summed E-state index contributed by atoms with van der Waals surface area (Å²) in [7, 11) is 0. The third-order valence-electron chi connectivity index (χ3n) is 10.7. The number of hydrogen-bond donors (Lipinski definition) is 13. The van der Waals surface area contributed by atoms with Gasteiger partial charge in [0, 0.05) is 96.4 Å². The van der Waals surface area contributed by atoms with Crippen molar-refractivity contribution in [2.45, 2.75) is 69.5 Å². The van der Waals surface area contributed by atoms with Gasteiger partial charge in [0.2, 0.25) is 11.8 Å². The lowest BCUT2D eigenvalue weighted by molar-refractivity contribution is -0.142. The molecule has 0 bridgehead atoms. The van der Waals surface area contributed by atoms with Gasteiger partial charge in [-0.2, -0.15) is 0 Å². The maximum atomic E-state index is 12.3. The summed E-state index contributed by atoms with van der Waals surface area (Å²) in [5.41, 5.74) is 1.36. The number of urea groups is 1. The molecule has 1 aromatic rings. The zero-order valence-electron chi connectivity index (χ0n) is 38.5. The molecule has 1 saturated heterocycles. The number of rotatable bonds is 29. The van der Waals surface area contributed by atoms with Gasteiger partial charge in [0.05, 0.1) is 26.2 Å². The maximum absolute atomic E-state index is 12.3. The van der Waals surface area contributed by atoms with Crippen LogP contribution in [0.25, 0.3) is 0 Å². The standard InChI is InChI=1S/C42H64N10O17S/c53-32(43-12-2-1-3-30(39(65)66)47-41(69)48-31(40(67)68)8-11-34(55)56)9-10-33(54)44-13-14-45-42(70)46-28-6-4-27(5-7-28)21-29-22-51(25-37(61)62)18-17-49(23-35(57)58)15-16-50(24-36(59)60)19-20-52(29)26-38(63)64/h4-7,29-31H,1-3,8-26H2,(H,43,53)(H,44,54)(H,55,56)(H,57,58)(H,59,60)(H,61,62)(H,63,64)(H,65,66)(H,67,68)(H2,45,46,70)(H2,47,48,69)/t29?,30-,31-/m0/s1. The molecular formula is C42H64N10O17S. The fourth-order valence-electron chi connectivity index (χ4n) is 7.15. The van der Waals surface area contributed by atoms with E-state index in [1.54, 1.807) is 43.9 Å². The van der Waals surface area contributed by atoms with E-state index in [1.165, 1.54) is 0 Å². The molecular weight excluding hydrogens is 949 g/mol. The number of thiocarbonyl (C=S) groups is 1. The van der Waals surface area contributed by atoms with Crippen molar-refractivity contribution in [3.8, 4) is 0 Å². The highest BCUT2D eigenvalue weighted by molar-refractivity contribution is 7.80. The number of carboxylic acids is 7. The maximum Gasteiger partial charge on any atom is 0.326 e. The number of hydrogen-bond acceptors (Lipinski definition) is 15. The Morgan fingerprint density at radius 1 is 0.543 bits per heavy atom. The molecule has 1 unspecified atom stereocenters. The number of anilines is 1. The van der Waals surface area contributed by atoms with E-state index in [-0.39, 0.29) is 122 Å². The molecule has 4 amide bonds. The molecule has 1 aliphatic rings. The van der Waals surface area contributed by atoms with E-state index in [0.717, 1.165) is 5.56 Å². The van der Waals surface area contributed by atoms with Crippen molar-refractivity contribution < 1.29 is 83.7 Å². The van der Waals surface area contributed by atoms with Crippen LogP contribution in [0.15, 0.2) is 24.3 Å². The predicted octanol–water partition coefficient (Wildman–Crippen LogP) is -2.30. The van der Waals surface area contributed by atoms with Crippen molar-refractivity contribution in [3.63, 3.8) is 0 Å². The van der Waals surface area contributed by atoms with Crippen LogP contribution in [-0.2, 0) is 49.6 Å². The first-order valence-electron chi connectivity index (χ1n) is 22.3. The van der Waals surface area contributed by atoms with Crippen molar-refractivity contribution in [2.75, 3.05) is 96.9 Å². The Morgan fingerprint density at radius 2 is 1.01 bits per heavy atom. The Labute approximate surface area is 407 Å². The van der Waals surface area contributed by atoms with Crippen molar-refractivity contribution >= 4 is 82.6 Å². The zero-order valence-corrected chi connectivity index (χ0v) is 39.3. The molecule has 2 rings (SSSR count). The first-order chi connectivity index (χ1) is 33.1. The zero-order chi connectivity index (χ0) is 52.2. The Morgan fingerprint density at radius 3 is 1.53 bits per heavy atom. The van der Waals surface area contributed by atoms with Gasteiger partial charge in [0.25, 0.3) is 0 Å². The third kappa shape index (κ3) is 26.7. The molecule has 13 N–H and O–H groups in total. The smallest absolute Gasteiger partial charge is 0.326 e. The second-order valence-electron chi connectivity index (χ2n) is 16.3. The van der Waals surface area contributed by atoms with Gasteiger partial charge in [0.15, 0.2) is 5.11 Å². The Balaban J connectivity index is 1.84. The summed E-state index contributed by atoms with van der Waals surface area (Å²) < 4.78 is 0. The largest absolute Gasteiger partial charge is 0.481 e. The van der Waals surface area contributed by atoms with Crippen LogP contribution in [0.5, 0.6) is 0 Å². The first-order valence-corrected chi connectivity index (χ1v) is 22.7. The number of nitrogens with one attached hydrogen (secondary N) is 6. The average Bonchev–Trinajstić information content (AvgIpc) is 3.26. The van der Waals surface area contributed by atoms with E-state index >= 15 is 0 Å². The predicted molar refractivity (Wildman–Crippen MR) is 250 cm³/mol. The highest BCUT2D eigenvalue weighted by Crippen LogP contribution is 2.16. The molecule has 3 atom stereocenters. The molecule has 0 aliphatic carbocycles. The van der Waals surface area contributed by atoms with Gasteiger partial charge in [-0.25, -0.2) is 14.4 Å². The minimum Gasteiger partial charge on any atom is -0.481 e. The van der Waals surface area contributed by atoms with Gasteiger partial charge >= 0.3 is 47.8 Å². The van der Waals surface area contributed by atoms with E-state index in [9.17, 15) is 78.6 Å². The number of nitrogens with zero attached hydrogens (tertiary/aromatic N) is 4. The molecule has 0 radical (unpaired) electrons. The quantitative estimate of drug-likeness (QED) is 0.0296. The topological polar surface area (TPSA) is 397 Å². The van der Waals surface area contributed by atoms with Crippen LogP contribution in [0.4, 0.5) is 10.5 Å². The second kappa shape index (κ2) is 32.1. The molecule has 0 aromatic heterocycles. The van der Waals surface area contributed by atoms with E-state index < -0.39 is 97.1 Å². The van der Waals surface area contributed by atoms with E-state index in [2.05, 4.69) is 26.6 Å². The summed E-state index contributed by atoms with van der Waals surface area (Å²) in [6.45, 7) is 0.204. The lowest BCUT2D eigenvalue weighted by atomic mass is 10.0. The van der Waals surface area contributed by atoms with Gasteiger partial charge in [-0.05, 0) is 62.0 Å². The summed E-state index contributed by atoms with van der Waals surface area (Å²) in [5.74, 6) is -9.39. The highest BCUT2D eigenvalue weighted by Gasteiger charge is 2.28. The monoisotopic (exact) mass is 1010 g/mol. The minimum atomic E-state index is -1.54. The molecule has 1 fully saturated rings. The van der Waals surface area contributed by atoms with Gasteiger partial charge in [0.1, 0.15) is 12.1 Å². The Kier molecular flexibility index (Phi) is 27.3. The SMILES string of the molecule is O=C(O)CC[C@H](NC(=O)N[C@@H](CCCCNC(=O)CCC(=O)NCCNC(=S)Nc1ccc(CC2CN(CC(=O)O)CCN(CC(=O)O)CCN(CC(=O)O)CCN2CC(=O)O)cc1)C(=O)O)C(=O)O.